The van der Waals surface area contributed by atoms with Crippen molar-refractivity contribution in [3.8, 4) is 0 Å². The molecule has 0 rings (SSSR count). The Morgan fingerprint density at radius 1 is 1.50 bits per heavy atom. The Hall–Kier alpha value is -0.0500. The zero-order chi connectivity index (χ0) is 13.6. The van der Waals surface area contributed by atoms with Gasteiger partial charge in [0.1, 0.15) is 12.2 Å². The van der Waals surface area contributed by atoms with Crippen LogP contribution in [0.3, 0.4) is 0 Å². The van der Waals surface area contributed by atoms with Gasteiger partial charge in [-0.15, -0.1) is 0 Å². The van der Waals surface area contributed by atoms with E-state index in [0.29, 0.717) is 0 Å². The molecule has 0 unspecified atom stereocenters. The lowest BCUT2D eigenvalue weighted by molar-refractivity contribution is -0.153. The predicted octanol–water partition coefficient (Wildman–Crippen LogP) is -1.49. The third-order valence-corrected chi connectivity index (χ3v) is 2.98. The second-order valence-electron chi connectivity index (χ2n) is 3.39. The summed E-state index contributed by atoms with van der Waals surface area (Å²) in [4.78, 5) is 11.4. The van der Waals surface area contributed by atoms with Crippen molar-refractivity contribution in [1.82, 2.24) is 0 Å². The normalized spacial score (nSPS) is 21.8. The van der Waals surface area contributed by atoms with Crippen molar-refractivity contribution in [3.63, 3.8) is 0 Å². The highest BCUT2D eigenvalue weighted by molar-refractivity contribution is 9.10. The summed E-state index contributed by atoms with van der Waals surface area (Å²) in [6.07, 6.45) is -5.48. The summed E-state index contributed by atoms with van der Waals surface area (Å²) < 4.78 is 4.41. The largest absolute Gasteiger partial charge is 0.394 e. The number of Topliss-reactive ketones (excluding diaryl/α,β-unsaturated/α-hetero) is 1. The highest BCUT2D eigenvalue weighted by atomic mass is 79.9. The molecule has 7 heteroatoms. The van der Waals surface area contributed by atoms with E-state index >= 15 is 0 Å². The van der Waals surface area contributed by atoms with E-state index in [4.69, 9.17) is 11.6 Å². The fourth-order valence-electron chi connectivity index (χ4n) is 1.07. The molecular weight excluding hydrogens is 284 g/mol. The molecule has 0 radical (unpaired) electrons. The SMILES string of the molecule is [2H]CCCC(=O)[C@@H](O)[C@](O)(Br)[C@H](O)[C@H](O)CO. The van der Waals surface area contributed by atoms with Gasteiger partial charge in [-0.3, -0.25) is 4.79 Å². The maximum atomic E-state index is 11.4. The topological polar surface area (TPSA) is 118 Å². The third-order valence-electron chi connectivity index (χ3n) is 2.08. The number of halogens is 1. The Morgan fingerprint density at radius 2 is 2.06 bits per heavy atom. The van der Waals surface area contributed by atoms with Crippen LogP contribution in [0.5, 0.6) is 0 Å². The van der Waals surface area contributed by atoms with E-state index in [1.165, 1.54) is 0 Å². The number of hydrogen-bond acceptors (Lipinski definition) is 6. The van der Waals surface area contributed by atoms with Crippen LogP contribution in [0.1, 0.15) is 21.1 Å². The number of ketones is 1. The molecule has 0 aliphatic rings. The average molecular weight is 302 g/mol. The van der Waals surface area contributed by atoms with Crippen LogP contribution in [-0.4, -0.2) is 60.7 Å². The summed E-state index contributed by atoms with van der Waals surface area (Å²) in [5, 5.41) is 46.4. The standard InChI is InChI=1S/C9H17BrO6/c1-2-3-5(12)7(14)9(10,16)8(15)6(13)4-11/h6-8,11,13-16H,2-4H2,1H3/t6-,7-,8-,9-/m1/s1/i1D. The molecule has 16 heavy (non-hydrogen) atoms. The molecule has 96 valence electrons. The minimum atomic E-state index is -2.44. The van der Waals surface area contributed by atoms with Gasteiger partial charge >= 0.3 is 0 Å². The number of rotatable bonds is 7. The molecule has 5 N–H and O–H groups in total. The van der Waals surface area contributed by atoms with Gasteiger partial charge in [0.25, 0.3) is 0 Å². The van der Waals surface area contributed by atoms with E-state index in [1.54, 1.807) is 0 Å². The maximum Gasteiger partial charge on any atom is 0.180 e. The van der Waals surface area contributed by atoms with Gasteiger partial charge in [0.2, 0.25) is 0 Å². The van der Waals surface area contributed by atoms with Crippen LogP contribution in [0.2, 0.25) is 0 Å². The smallest absolute Gasteiger partial charge is 0.180 e. The van der Waals surface area contributed by atoms with Gasteiger partial charge in [0.05, 0.1) is 6.61 Å². The highest BCUT2D eigenvalue weighted by Crippen LogP contribution is 2.27. The molecule has 6 nitrogen and oxygen atoms in total. The molecule has 0 bridgehead atoms. The Morgan fingerprint density at radius 3 is 2.50 bits per heavy atom. The second kappa shape index (κ2) is 6.63. The number of alkyl halides is 1. The van der Waals surface area contributed by atoms with Gasteiger partial charge in [0.15, 0.2) is 16.4 Å². The van der Waals surface area contributed by atoms with E-state index in [-0.39, 0.29) is 19.7 Å². The van der Waals surface area contributed by atoms with E-state index < -0.39 is 35.2 Å². The van der Waals surface area contributed by atoms with Crippen LogP contribution in [0.4, 0.5) is 0 Å². The van der Waals surface area contributed by atoms with Crippen molar-refractivity contribution < 1.29 is 31.7 Å². The van der Waals surface area contributed by atoms with Gasteiger partial charge < -0.3 is 25.5 Å². The molecule has 0 aliphatic carbocycles. The highest BCUT2D eigenvalue weighted by Gasteiger charge is 2.46. The molecule has 0 aliphatic heterocycles. The maximum absolute atomic E-state index is 11.4. The fourth-order valence-corrected chi connectivity index (χ4v) is 1.63. The van der Waals surface area contributed by atoms with Crippen LogP contribution >= 0.6 is 15.9 Å². The van der Waals surface area contributed by atoms with Gasteiger partial charge in [-0.05, 0) is 22.4 Å². The number of hydrogen-bond donors (Lipinski definition) is 5. The summed E-state index contributed by atoms with van der Waals surface area (Å²) in [5.74, 6) is -0.763. The van der Waals surface area contributed by atoms with Gasteiger partial charge in [-0.2, -0.15) is 0 Å². The monoisotopic (exact) mass is 301 g/mol. The second-order valence-corrected chi connectivity index (χ2v) is 4.67. The van der Waals surface area contributed by atoms with E-state index in [1.807, 2.05) is 0 Å². The molecule has 0 amide bonds. The van der Waals surface area contributed by atoms with E-state index in [9.17, 15) is 20.1 Å². The molecule has 0 heterocycles. The molecule has 0 aromatic heterocycles. The van der Waals surface area contributed by atoms with Crippen molar-refractivity contribution in [2.24, 2.45) is 0 Å². The van der Waals surface area contributed by atoms with Crippen molar-refractivity contribution in [2.45, 2.75) is 42.6 Å². The zero-order valence-corrected chi connectivity index (χ0v) is 10.2. The van der Waals surface area contributed by atoms with Crippen LogP contribution in [0, 0.1) is 0 Å². The van der Waals surface area contributed by atoms with Gasteiger partial charge in [-0.25, -0.2) is 0 Å². The summed E-state index contributed by atoms with van der Waals surface area (Å²) in [5.41, 5.74) is 0. The molecule has 0 aromatic carbocycles. The predicted molar refractivity (Wildman–Crippen MR) is 58.9 cm³/mol. The van der Waals surface area contributed by atoms with Crippen LogP contribution in [0.25, 0.3) is 0 Å². The Bertz CT molecular complexity index is 250. The average Bonchev–Trinajstić information content (AvgIpc) is 2.32. The third kappa shape index (κ3) is 3.76. The lowest BCUT2D eigenvalue weighted by Gasteiger charge is -2.32. The molecule has 0 spiro atoms. The zero-order valence-electron chi connectivity index (χ0n) is 9.58. The summed E-state index contributed by atoms with van der Waals surface area (Å²) in [7, 11) is 0. The van der Waals surface area contributed by atoms with E-state index in [0.717, 1.165) is 0 Å². The van der Waals surface area contributed by atoms with Crippen molar-refractivity contribution in [1.29, 1.82) is 0 Å². The van der Waals surface area contributed by atoms with Crippen LogP contribution in [-0.2, 0) is 4.79 Å². The molecule has 0 fully saturated rings. The van der Waals surface area contributed by atoms with Crippen LogP contribution < -0.4 is 0 Å². The Labute approximate surface area is 103 Å². The van der Waals surface area contributed by atoms with Crippen molar-refractivity contribution in [2.75, 3.05) is 6.61 Å². The van der Waals surface area contributed by atoms with Gasteiger partial charge in [-0.1, -0.05) is 6.90 Å². The number of aliphatic hydroxyl groups is 5. The number of aliphatic hydroxyl groups excluding tert-OH is 4. The summed E-state index contributed by atoms with van der Waals surface area (Å²) >= 11 is 2.56. The first kappa shape index (κ1) is 14.0. The lowest BCUT2D eigenvalue weighted by atomic mass is 9.98. The Balaban J connectivity index is 4.62. The van der Waals surface area contributed by atoms with Crippen molar-refractivity contribution in [3.05, 3.63) is 0 Å². The minimum absolute atomic E-state index is 0.000985. The molecular formula is C9H17BrO6. The fraction of sp³-hybridized carbons (Fsp3) is 0.889. The lowest BCUT2D eigenvalue weighted by Crippen LogP contribution is -2.55. The quantitative estimate of drug-likeness (QED) is 0.366. The first-order chi connectivity index (χ1) is 7.78. The first-order valence-corrected chi connectivity index (χ1v) is 5.46. The summed E-state index contributed by atoms with van der Waals surface area (Å²) in [6.45, 7) is -0.830. The number of carbonyl (C=O) groups excluding carboxylic acids is 1. The van der Waals surface area contributed by atoms with Gasteiger partial charge in [0, 0.05) is 7.79 Å². The Kier molecular flexibility index (Phi) is 5.81. The molecule has 4 atom stereocenters. The molecule has 0 saturated carbocycles. The molecule has 0 saturated heterocycles. The summed E-state index contributed by atoms with van der Waals surface area (Å²) in [6, 6.07) is 0. The van der Waals surface area contributed by atoms with Crippen molar-refractivity contribution >= 4 is 21.7 Å². The number of carbonyl (C=O) groups is 1. The van der Waals surface area contributed by atoms with Crippen LogP contribution in [0.15, 0.2) is 0 Å². The first-order valence-electron chi connectivity index (χ1n) is 5.38. The molecule has 0 aromatic rings. The van der Waals surface area contributed by atoms with E-state index in [2.05, 4.69) is 15.9 Å². The minimum Gasteiger partial charge on any atom is -0.394 e.